The molecule has 1 saturated carbocycles. The van der Waals surface area contributed by atoms with Gasteiger partial charge in [0.15, 0.2) is 0 Å². The summed E-state index contributed by atoms with van der Waals surface area (Å²) in [7, 11) is 0. The van der Waals surface area contributed by atoms with E-state index < -0.39 is 0 Å². The molecular formula is C17H25NO. The smallest absolute Gasteiger partial charge is 0.0580 e. The number of fused-ring (bicyclic) bond motifs is 1. The molecule has 2 nitrogen and oxygen atoms in total. The van der Waals surface area contributed by atoms with Crippen LogP contribution >= 0.6 is 0 Å². The second-order valence-corrected chi connectivity index (χ2v) is 6.33. The van der Waals surface area contributed by atoms with Gasteiger partial charge >= 0.3 is 0 Å². The number of aliphatic hydroxyl groups excluding tert-OH is 1. The fraction of sp³-hybridized carbons (Fsp3) is 0.647. The SMILES string of the molecule is CC1CCC(NCC2CCCC2O)c2ccccc21. The zero-order valence-electron chi connectivity index (χ0n) is 11.8. The number of hydrogen-bond acceptors (Lipinski definition) is 2. The summed E-state index contributed by atoms with van der Waals surface area (Å²) in [4.78, 5) is 0. The summed E-state index contributed by atoms with van der Waals surface area (Å²) in [6.45, 7) is 3.30. The molecule has 0 aromatic heterocycles. The Balaban J connectivity index is 1.67. The Morgan fingerprint density at radius 2 is 1.89 bits per heavy atom. The van der Waals surface area contributed by atoms with E-state index in [9.17, 15) is 5.11 Å². The van der Waals surface area contributed by atoms with Gasteiger partial charge in [-0.3, -0.25) is 0 Å². The highest BCUT2D eigenvalue weighted by molar-refractivity contribution is 5.34. The maximum atomic E-state index is 9.92. The van der Waals surface area contributed by atoms with Crippen LogP contribution in [0.5, 0.6) is 0 Å². The van der Waals surface area contributed by atoms with Gasteiger partial charge < -0.3 is 10.4 Å². The van der Waals surface area contributed by atoms with Crippen LogP contribution in [0.15, 0.2) is 24.3 Å². The summed E-state index contributed by atoms with van der Waals surface area (Å²) in [6.07, 6.45) is 5.77. The Labute approximate surface area is 116 Å². The van der Waals surface area contributed by atoms with Crippen molar-refractivity contribution in [2.75, 3.05) is 6.54 Å². The van der Waals surface area contributed by atoms with Crippen molar-refractivity contribution in [2.24, 2.45) is 5.92 Å². The van der Waals surface area contributed by atoms with E-state index in [1.54, 1.807) is 0 Å². The molecule has 3 rings (SSSR count). The molecule has 0 heterocycles. The average Bonchev–Trinajstić information content (AvgIpc) is 2.84. The molecule has 0 bridgehead atoms. The van der Waals surface area contributed by atoms with E-state index in [1.165, 1.54) is 36.8 Å². The third-order valence-corrected chi connectivity index (χ3v) is 5.04. The van der Waals surface area contributed by atoms with Crippen LogP contribution in [0.3, 0.4) is 0 Å². The third-order valence-electron chi connectivity index (χ3n) is 5.04. The quantitative estimate of drug-likeness (QED) is 0.872. The molecule has 1 aromatic rings. The molecule has 0 saturated heterocycles. The van der Waals surface area contributed by atoms with Crippen molar-refractivity contribution in [3.63, 3.8) is 0 Å². The van der Waals surface area contributed by atoms with Gasteiger partial charge in [0.2, 0.25) is 0 Å². The van der Waals surface area contributed by atoms with Gasteiger partial charge in [0.05, 0.1) is 6.10 Å². The first-order chi connectivity index (χ1) is 9.25. The van der Waals surface area contributed by atoms with E-state index in [4.69, 9.17) is 0 Å². The predicted octanol–water partition coefficient (Wildman–Crippen LogP) is 3.38. The van der Waals surface area contributed by atoms with E-state index in [-0.39, 0.29) is 6.10 Å². The maximum absolute atomic E-state index is 9.92. The molecule has 1 fully saturated rings. The van der Waals surface area contributed by atoms with Gasteiger partial charge in [-0.1, -0.05) is 37.6 Å². The van der Waals surface area contributed by atoms with E-state index in [1.807, 2.05) is 0 Å². The molecule has 0 aliphatic heterocycles. The maximum Gasteiger partial charge on any atom is 0.0580 e. The first kappa shape index (κ1) is 13.1. The lowest BCUT2D eigenvalue weighted by Crippen LogP contribution is -2.33. The van der Waals surface area contributed by atoms with Crippen LogP contribution in [-0.4, -0.2) is 17.8 Å². The third kappa shape index (κ3) is 2.70. The molecule has 4 atom stereocenters. The first-order valence-corrected chi connectivity index (χ1v) is 7.76. The number of rotatable bonds is 3. The van der Waals surface area contributed by atoms with Crippen LogP contribution in [0, 0.1) is 5.92 Å². The minimum atomic E-state index is -0.0785. The number of hydrogen-bond donors (Lipinski definition) is 2. The topological polar surface area (TPSA) is 32.3 Å². The highest BCUT2D eigenvalue weighted by atomic mass is 16.3. The Bertz CT molecular complexity index is 431. The van der Waals surface area contributed by atoms with Crippen molar-refractivity contribution < 1.29 is 5.11 Å². The molecule has 0 amide bonds. The van der Waals surface area contributed by atoms with Crippen LogP contribution < -0.4 is 5.32 Å². The molecule has 4 unspecified atom stereocenters. The standard InChI is InChI=1S/C17H25NO/c1-12-9-10-16(15-7-3-2-6-14(12)15)18-11-13-5-4-8-17(13)19/h2-3,6-7,12-13,16-19H,4-5,8-11H2,1H3. The second-order valence-electron chi connectivity index (χ2n) is 6.33. The molecule has 104 valence electrons. The highest BCUT2D eigenvalue weighted by Crippen LogP contribution is 2.37. The van der Waals surface area contributed by atoms with Crippen molar-refractivity contribution in [3.8, 4) is 0 Å². The Morgan fingerprint density at radius 1 is 1.11 bits per heavy atom. The van der Waals surface area contributed by atoms with Crippen molar-refractivity contribution in [1.82, 2.24) is 5.32 Å². The first-order valence-electron chi connectivity index (χ1n) is 7.76. The van der Waals surface area contributed by atoms with Gasteiger partial charge in [-0.2, -0.15) is 0 Å². The molecule has 2 N–H and O–H groups in total. The minimum Gasteiger partial charge on any atom is -0.393 e. The van der Waals surface area contributed by atoms with E-state index >= 15 is 0 Å². The number of aliphatic hydroxyl groups is 1. The van der Waals surface area contributed by atoms with Gasteiger partial charge in [-0.05, 0) is 48.6 Å². The van der Waals surface area contributed by atoms with E-state index in [0.717, 1.165) is 13.0 Å². The normalized spacial score (nSPS) is 34.2. The number of nitrogens with one attached hydrogen (secondary N) is 1. The summed E-state index contributed by atoms with van der Waals surface area (Å²) >= 11 is 0. The Hall–Kier alpha value is -0.860. The van der Waals surface area contributed by atoms with Crippen molar-refractivity contribution in [3.05, 3.63) is 35.4 Å². The fourth-order valence-corrected chi connectivity index (χ4v) is 3.77. The van der Waals surface area contributed by atoms with Crippen molar-refractivity contribution in [2.45, 2.75) is 57.1 Å². The monoisotopic (exact) mass is 259 g/mol. The molecule has 2 heteroatoms. The van der Waals surface area contributed by atoms with E-state index in [2.05, 4.69) is 36.5 Å². The molecule has 0 spiro atoms. The summed E-state index contributed by atoms with van der Waals surface area (Å²) in [5, 5.41) is 13.6. The van der Waals surface area contributed by atoms with Crippen LogP contribution in [0.2, 0.25) is 0 Å². The van der Waals surface area contributed by atoms with Gasteiger partial charge in [0.1, 0.15) is 0 Å². The Kier molecular flexibility index (Phi) is 3.90. The largest absolute Gasteiger partial charge is 0.393 e. The minimum absolute atomic E-state index is 0.0785. The van der Waals surface area contributed by atoms with Crippen LogP contribution in [-0.2, 0) is 0 Å². The highest BCUT2D eigenvalue weighted by Gasteiger charge is 2.28. The van der Waals surface area contributed by atoms with Gasteiger partial charge in [0, 0.05) is 12.6 Å². The van der Waals surface area contributed by atoms with Crippen molar-refractivity contribution in [1.29, 1.82) is 0 Å². The van der Waals surface area contributed by atoms with Crippen LogP contribution in [0.1, 0.15) is 62.1 Å². The van der Waals surface area contributed by atoms with Gasteiger partial charge in [0.25, 0.3) is 0 Å². The molecule has 1 aromatic carbocycles. The van der Waals surface area contributed by atoms with Crippen molar-refractivity contribution >= 4 is 0 Å². The zero-order chi connectivity index (χ0) is 13.2. The van der Waals surface area contributed by atoms with Crippen LogP contribution in [0.4, 0.5) is 0 Å². The zero-order valence-corrected chi connectivity index (χ0v) is 11.8. The van der Waals surface area contributed by atoms with E-state index in [0.29, 0.717) is 17.9 Å². The lowest BCUT2D eigenvalue weighted by molar-refractivity contribution is 0.129. The van der Waals surface area contributed by atoms with Gasteiger partial charge in [-0.15, -0.1) is 0 Å². The summed E-state index contributed by atoms with van der Waals surface area (Å²) in [6, 6.07) is 9.33. The fourth-order valence-electron chi connectivity index (χ4n) is 3.77. The number of benzene rings is 1. The van der Waals surface area contributed by atoms with Crippen LogP contribution in [0.25, 0.3) is 0 Å². The van der Waals surface area contributed by atoms with Gasteiger partial charge in [-0.25, -0.2) is 0 Å². The molecule has 2 aliphatic rings. The Morgan fingerprint density at radius 3 is 2.63 bits per heavy atom. The molecule has 2 aliphatic carbocycles. The predicted molar refractivity (Wildman–Crippen MR) is 78.2 cm³/mol. The summed E-state index contributed by atoms with van der Waals surface area (Å²) in [5.41, 5.74) is 2.99. The molecule has 19 heavy (non-hydrogen) atoms. The lowest BCUT2D eigenvalue weighted by Gasteiger charge is -2.31. The molecular weight excluding hydrogens is 234 g/mol. The average molecular weight is 259 g/mol. The lowest BCUT2D eigenvalue weighted by atomic mass is 9.81. The summed E-state index contributed by atoms with van der Waals surface area (Å²) < 4.78 is 0. The second kappa shape index (κ2) is 5.64. The molecule has 0 radical (unpaired) electrons. The summed E-state index contributed by atoms with van der Waals surface area (Å²) in [5.74, 6) is 1.15.